The van der Waals surface area contributed by atoms with Crippen molar-refractivity contribution >= 4 is 17.7 Å². The second-order valence-electron chi connectivity index (χ2n) is 5.62. The Morgan fingerprint density at radius 2 is 2.04 bits per heavy atom. The van der Waals surface area contributed by atoms with E-state index in [1.54, 1.807) is 38.5 Å². The van der Waals surface area contributed by atoms with Crippen molar-refractivity contribution in [3.8, 4) is 11.5 Å². The van der Waals surface area contributed by atoms with Gasteiger partial charge < -0.3 is 18.6 Å². The van der Waals surface area contributed by atoms with Crippen LogP contribution in [0.1, 0.15) is 17.0 Å². The highest BCUT2D eigenvalue weighted by atomic mass is 16.5. The fourth-order valence-electron chi connectivity index (χ4n) is 2.65. The zero-order chi connectivity index (χ0) is 18.5. The number of carbonyl (C=O) groups excluding carboxylic acids is 1. The molecular formula is C20H20N2O4. The van der Waals surface area contributed by atoms with E-state index >= 15 is 0 Å². The maximum absolute atomic E-state index is 12.1. The molecule has 2 aromatic heterocycles. The monoisotopic (exact) mass is 352 g/mol. The molecule has 0 aliphatic rings. The van der Waals surface area contributed by atoms with Gasteiger partial charge in [0.1, 0.15) is 23.8 Å². The summed E-state index contributed by atoms with van der Waals surface area (Å²) in [5, 5.41) is 0. The van der Waals surface area contributed by atoms with E-state index in [-0.39, 0.29) is 6.61 Å². The van der Waals surface area contributed by atoms with Gasteiger partial charge in [0.25, 0.3) is 0 Å². The number of aryl methyl sites for hydroxylation is 1. The van der Waals surface area contributed by atoms with Crippen LogP contribution in [0.15, 0.2) is 48.7 Å². The Morgan fingerprint density at radius 1 is 1.19 bits per heavy atom. The smallest absolute Gasteiger partial charge is 0.331 e. The molecule has 26 heavy (non-hydrogen) atoms. The Kier molecular flexibility index (Phi) is 5.22. The summed E-state index contributed by atoms with van der Waals surface area (Å²) < 4.78 is 17.8. The number of fused-ring (bicyclic) bond motifs is 1. The number of imidazole rings is 1. The topological polar surface area (TPSA) is 62.1 Å². The summed E-state index contributed by atoms with van der Waals surface area (Å²) in [7, 11) is 3.16. The van der Waals surface area contributed by atoms with Gasteiger partial charge in [-0.2, -0.15) is 0 Å². The highest BCUT2D eigenvalue weighted by molar-refractivity contribution is 5.87. The van der Waals surface area contributed by atoms with Crippen LogP contribution in [-0.4, -0.2) is 29.6 Å². The summed E-state index contributed by atoms with van der Waals surface area (Å²) in [6, 6.07) is 11.1. The molecule has 0 aliphatic carbocycles. The number of ether oxygens (including phenoxy) is 3. The van der Waals surface area contributed by atoms with Crippen molar-refractivity contribution < 1.29 is 19.0 Å². The second-order valence-corrected chi connectivity index (χ2v) is 5.62. The van der Waals surface area contributed by atoms with Crippen molar-refractivity contribution in [2.75, 3.05) is 14.2 Å². The number of nitrogens with zero attached hydrogens (tertiary/aromatic N) is 2. The summed E-state index contributed by atoms with van der Waals surface area (Å²) >= 11 is 0. The molecule has 0 saturated heterocycles. The maximum atomic E-state index is 12.1. The van der Waals surface area contributed by atoms with Crippen molar-refractivity contribution in [2.24, 2.45) is 0 Å². The van der Waals surface area contributed by atoms with E-state index in [9.17, 15) is 4.79 Å². The molecule has 1 aromatic carbocycles. The third kappa shape index (κ3) is 3.69. The minimum Gasteiger partial charge on any atom is -0.497 e. The summed E-state index contributed by atoms with van der Waals surface area (Å²) in [5.41, 5.74) is 3.24. The zero-order valence-corrected chi connectivity index (χ0v) is 14.9. The number of hydrogen-bond donors (Lipinski definition) is 0. The Hall–Kier alpha value is -3.28. The molecule has 6 heteroatoms. The van der Waals surface area contributed by atoms with Crippen molar-refractivity contribution in [3.05, 3.63) is 65.6 Å². The average molecular weight is 352 g/mol. The van der Waals surface area contributed by atoms with Crippen molar-refractivity contribution in [1.29, 1.82) is 0 Å². The zero-order valence-electron chi connectivity index (χ0n) is 14.9. The molecule has 2 heterocycles. The lowest BCUT2D eigenvalue weighted by Gasteiger charge is -2.07. The number of esters is 1. The predicted molar refractivity (Wildman–Crippen MR) is 98.3 cm³/mol. The molecule has 0 atom stereocenters. The fourth-order valence-corrected chi connectivity index (χ4v) is 2.65. The van der Waals surface area contributed by atoms with E-state index < -0.39 is 5.97 Å². The first-order valence-electron chi connectivity index (χ1n) is 8.12. The quantitative estimate of drug-likeness (QED) is 0.502. The third-order valence-electron chi connectivity index (χ3n) is 4.02. The highest BCUT2D eigenvalue weighted by Crippen LogP contribution is 2.25. The van der Waals surface area contributed by atoms with Crippen LogP contribution in [0.2, 0.25) is 0 Å². The molecule has 0 N–H and O–H groups in total. The normalized spacial score (nSPS) is 11.0. The van der Waals surface area contributed by atoms with E-state index in [1.807, 2.05) is 35.7 Å². The van der Waals surface area contributed by atoms with E-state index in [4.69, 9.17) is 14.2 Å². The fraction of sp³-hybridized carbons (Fsp3) is 0.200. The van der Waals surface area contributed by atoms with Gasteiger partial charge in [0, 0.05) is 17.8 Å². The molecule has 3 aromatic rings. The maximum Gasteiger partial charge on any atom is 0.331 e. The summed E-state index contributed by atoms with van der Waals surface area (Å²) in [5.74, 6) is 0.882. The van der Waals surface area contributed by atoms with Crippen LogP contribution in [-0.2, 0) is 16.1 Å². The average Bonchev–Trinajstić information content (AvgIpc) is 2.99. The van der Waals surface area contributed by atoms with Crippen LogP contribution in [0.4, 0.5) is 0 Å². The van der Waals surface area contributed by atoms with Crippen molar-refractivity contribution in [1.82, 2.24) is 9.38 Å². The Labute approximate surface area is 151 Å². The van der Waals surface area contributed by atoms with Crippen LogP contribution in [0, 0.1) is 6.92 Å². The van der Waals surface area contributed by atoms with E-state index in [2.05, 4.69) is 4.98 Å². The van der Waals surface area contributed by atoms with Gasteiger partial charge in [-0.05, 0) is 43.3 Å². The molecule has 0 fully saturated rings. The first kappa shape index (κ1) is 17.5. The molecule has 0 radical (unpaired) electrons. The molecule has 0 aliphatic heterocycles. The van der Waals surface area contributed by atoms with Crippen LogP contribution in [0.3, 0.4) is 0 Å². The summed E-state index contributed by atoms with van der Waals surface area (Å²) in [6.07, 6.45) is 4.91. The first-order chi connectivity index (χ1) is 12.6. The SMILES string of the molecule is COc1ccc(OC)c(/C=C/C(=O)OCc2c(C)nc3ccccn23)c1. The molecule has 0 amide bonds. The largest absolute Gasteiger partial charge is 0.497 e. The van der Waals surface area contributed by atoms with Crippen LogP contribution in [0.25, 0.3) is 11.7 Å². The summed E-state index contributed by atoms with van der Waals surface area (Å²) in [6.45, 7) is 2.04. The predicted octanol–water partition coefficient (Wildman–Crippen LogP) is 3.42. The number of benzene rings is 1. The Bertz CT molecular complexity index is 960. The number of pyridine rings is 1. The van der Waals surface area contributed by atoms with Gasteiger partial charge in [-0.25, -0.2) is 9.78 Å². The molecular weight excluding hydrogens is 332 g/mol. The van der Waals surface area contributed by atoms with Gasteiger partial charge >= 0.3 is 5.97 Å². The number of carbonyl (C=O) groups is 1. The highest BCUT2D eigenvalue weighted by Gasteiger charge is 2.10. The molecule has 134 valence electrons. The number of rotatable bonds is 6. The number of methoxy groups -OCH3 is 2. The van der Waals surface area contributed by atoms with Crippen LogP contribution in [0.5, 0.6) is 11.5 Å². The number of aromatic nitrogens is 2. The lowest BCUT2D eigenvalue weighted by Crippen LogP contribution is -2.04. The minimum absolute atomic E-state index is 0.148. The second kappa shape index (κ2) is 7.74. The van der Waals surface area contributed by atoms with Gasteiger partial charge in [0.05, 0.1) is 25.6 Å². The van der Waals surface area contributed by atoms with E-state index in [0.717, 1.165) is 22.6 Å². The molecule has 0 unspecified atom stereocenters. The lowest BCUT2D eigenvalue weighted by molar-refractivity contribution is -0.139. The summed E-state index contributed by atoms with van der Waals surface area (Å²) in [4.78, 5) is 16.6. The Morgan fingerprint density at radius 3 is 2.81 bits per heavy atom. The third-order valence-corrected chi connectivity index (χ3v) is 4.02. The molecule has 6 nitrogen and oxygen atoms in total. The minimum atomic E-state index is -0.444. The first-order valence-corrected chi connectivity index (χ1v) is 8.12. The van der Waals surface area contributed by atoms with E-state index in [0.29, 0.717) is 11.5 Å². The number of hydrogen-bond acceptors (Lipinski definition) is 5. The standard InChI is InChI=1S/C20H20N2O4/c1-14-17(22-11-5-4-6-19(22)21-14)13-26-20(23)10-7-15-12-16(24-2)8-9-18(15)25-3/h4-12H,13H2,1-3H3/b10-7+. The van der Waals surface area contributed by atoms with Gasteiger partial charge in [-0.3, -0.25) is 0 Å². The van der Waals surface area contributed by atoms with E-state index in [1.165, 1.54) is 6.08 Å². The van der Waals surface area contributed by atoms with Gasteiger partial charge in [0.15, 0.2) is 0 Å². The van der Waals surface area contributed by atoms with Crippen LogP contribution < -0.4 is 9.47 Å². The molecule has 3 rings (SSSR count). The molecule has 0 spiro atoms. The molecule has 0 saturated carbocycles. The lowest BCUT2D eigenvalue weighted by atomic mass is 10.1. The molecule has 0 bridgehead atoms. The van der Waals surface area contributed by atoms with Crippen molar-refractivity contribution in [2.45, 2.75) is 13.5 Å². The van der Waals surface area contributed by atoms with Gasteiger partial charge in [0.2, 0.25) is 0 Å². The Balaban J connectivity index is 1.71. The van der Waals surface area contributed by atoms with Gasteiger partial charge in [-0.1, -0.05) is 6.07 Å². The van der Waals surface area contributed by atoms with Crippen LogP contribution >= 0.6 is 0 Å². The van der Waals surface area contributed by atoms with Gasteiger partial charge in [-0.15, -0.1) is 0 Å². The van der Waals surface area contributed by atoms with Crippen molar-refractivity contribution in [3.63, 3.8) is 0 Å².